The van der Waals surface area contributed by atoms with E-state index in [1.165, 1.54) is 24.3 Å². The monoisotopic (exact) mass is 328 g/mol. The molecule has 0 saturated heterocycles. The number of hydrogen-bond donors (Lipinski definition) is 1. The van der Waals surface area contributed by atoms with E-state index in [-0.39, 0.29) is 16.4 Å². The second kappa shape index (κ2) is 6.26. The van der Waals surface area contributed by atoms with E-state index >= 15 is 0 Å². The summed E-state index contributed by atoms with van der Waals surface area (Å²) in [5.41, 5.74) is 1.59. The zero-order valence-corrected chi connectivity index (χ0v) is 13.1. The van der Waals surface area contributed by atoms with Crippen LogP contribution in [-0.2, 0) is 22.1 Å². The van der Waals surface area contributed by atoms with E-state index < -0.39 is 9.84 Å². The van der Waals surface area contributed by atoms with Gasteiger partial charge in [-0.25, -0.2) is 8.42 Å². The van der Waals surface area contributed by atoms with Crippen LogP contribution in [0.25, 0.3) is 0 Å². The summed E-state index contributed by atoms with van der Waals surface area (Å²) in [5, 5.41) is 13.6. The molecule has 1 heterocycles. The van der Waals surface area contributed by atoms with E-state index in [9.17, 15) is 13.5 Å². The highest BCUT2D eigenvalue weighted by Gasteiger charge is 2.17. The average Bonchev–Trinajstić information content (AvgIpc) is 2.95. The molecule has 23 heavy (non-hydrogen) atoms. The molecule has 0 atom stereocenters. The summed E-state index contributed by atoms with van der Waals surface area (Å²) in [6.07, 6.45) is 1.77. The molecular formula is C17H16N2O3S. The van der Waals surface area contributed by atoms with E-state index in [0.29, 0.717) is 12.2 Å². The first-order valence-corrected chi connectivity index (χ1v) is 8.76. The molecule has 3 rings (SSSR count). The molecule has 5 nitrogen and oxygen atoms in total. The lowest BCUT2D eigenvalue weighted by atomic mass is 10.2. The van der Waals surface area contributed by atoms with Crippen LogP contribution < -0.4 is 0 Å². The minimum Gasteiger partial charge on any atom is -0.508 e. The van der Waals surface area contributed by atoms with Crippen LogP contribution in [0.3, 0.4) is 0 Å². The van der Waals surface area contributed by atoms with Gasteiger partial charge in [0.25, 0.3) is 0 Å². The second-order valence-electron chi connectivity index (χ2n) is 5.24. The van der Waals surface area contributed by atoms with Gasteiger partial charge in [-0.05, 0) is 35.9 Å². The molecular weight excluding hydrogens is 312 g/mol. The summed E-state index contributed by atoms with van der Waals surface area (Å²) >= 11 is 0. The van der Waals surface area contributed by atoms with Gasteiger partial charge in [0.15, 0.2) is 9.84 Å². The van der Waals surface area contributed by atoms with E-state index in [1.54, 1.807) is 16.9 Å². The molecule has 0 aliphatic carbocycles. The molecule has 2 aromatic carbocycles. The quantitative estimate of drug-likeness (QED) is 0.781. The van der Waals surface area contributed by atoms with Gasteiger partial charge in [0, 0.05) is 6.20 Å². The van der Waals surface area contributed by atoms with Gasteiger partial charge in [-0.3, -0.25) is 4.68 Å². The Kier molecular flexibility index (Phi) is 4.16. The van der Waals surface area contributed by atoms with Crippen LogP contribution in [0.4, 0.5) is 0 Å². The molecule has 0 fully saturated rings. The summed E-state index contributed by atoms with van der Waals surface area (Å²) in [6.45, 7) is 0.597. The Morgan fingerprint density at radius 3 is 2.35 bits per heavy atom. The van der Waals surface area contributed by atoms with Gasteiger partial charge in [0.2, 0.25) is 0 Å². The number of benzene rings is 2. The molecule has 0 bridgehead atoms. The third-order valence-electron chi connectivity index (χ3n) is 3.42. The van der Waals surface area contributed by atoms with E-state index in [2.05, 4.69) is 5.10 Å². The summed E-state index contributed by atoms with van der Waals surface area (Å²) in [4.78, 5) is 0.174. The number of hydrogen-bond acceptors (Lipinski definition) is 4. The third-order valence-corrected chi connectivity index (χ3v) is 5.08. The van der Waals surface area contributed by atoms with Gasteiger partial charge in [-0.2, -0.15) is 5.10 Å². The largest absolute Gasteiger partial charge is 0.508 e. The van der Waals surface area contributed by atoms with Crippen LogP contribution in [0, 0.1) is 0 Å². The van der Waals surface area contributed by atoms with Crippen molar-refractivity contribution >= 4 is 9.84 Å². The summed E-state index contributed by atoms with van der Waals surface area (Å²) in [7, 11) is -3.48. The fraction of sp³-hybridized carbons (Fsp3) is 0.118. The van der Waals surface area contributed by atoms with Gasteiger partial charge >= 0.3 is 0 Å². The first kappa shape index (κ1) is 15.3. The highest BCUT2D eigenvalue weighted by molar-refractivity contribution is 7.90. The van der Waals surface area contributed by atoms with E-state index in [1.807, 2.05) is 30.3 Å². The number of phenolic OH excluding ortho intramolecular Hbond substituents is 1. The van der Waals surface area contributed by atoms with Gasteiger partial charge in [0.05, 0.1) is 22.9 Å². The second-order valence-corrected chi connectivity index (χ2v) is 7.23. The Labute approximate surface area is 134 Å². The summed E-state index contributed by atoms with van der Waals surface area (Å²) in [5.74, 6) is -0.129. The smallest absolute Gasteiger partial charge is 0.184 e. The summed E-state index contributed by atoms with van der Waals surface area (Å²) < 4.78 is 26.4. The van der Waals surface area contributed by atoms with Crippen LogP contribution in [0.1, 0.15) is 11.3 Å². The van der Waals surface area contributed by atoms with Crippen molar-refractivity contribution in [2.24, 2.45) is 0 Å². The predicted molar refractivity (Wildman–Crippen MR) is 86.8 cm³/mol. The number of aromatic hydroxyl groups is 1. The Morgan fingerprint density at radius 2 is 1.65 bits per heavy atom. The average molecular weight is 328 g/mol. The third kappa shape index (κ3) is 3.78. The van der Waals surface area contributed by atoms with E-state index in [4.69, 9.17) is 0 Å². The molecule has 6 heteroatoms. The number of aromatic nitrogens is 2. The number of rotatable bonds is 5. The predicted octanol–water partition coefficient (Wildman–Crippen LogP) is 2.61. The fourth-order valence-corrected chi connectivity index (χ4v) is 3.53. The first-order chi connectivity index (χ1) is 11.0. The van der Waals surface area contributed by atoms with Crippen LogP contribution in [0.15, 0.2) is 71.8 Å². The molecule has 0 aliphatic rings. The highest BCUT2D eigenvalue weighted by atomic mass is 32.2. The van der Waals surface area contributed by atoms with Crippen molar-refractivity contribution in [1.29, 1.82) is 0 Å². The van der Waals surface area contributed by atoms with Crippen LogP contribution in [0.5, 0.6) is 5.75 Å². The molecule has 0 radical (unpaired) electrons. The van der Waals surface area contributed by atoms with Crippen molar-refractivity contribution in [2.75, 3.05) is 0 Å². The standard InChI is InChI=1S/C17H16N2O3S/c20-16-6-8-17(9-7-16)23(21,22)13-15-10-11-19(18-15)12-14-4-2-1-3-5-14/h1-11,20H,12-13H2. The van der Waals surface area contributed by atoms with Gasteiger partial charge < -0.3 is 5.11 Å². The number of phenols is 1. The first-order valence-electron chi connectivity index (χ1n) is 7.11. The maximum absolute atomic E-state index is 12.3. The lowest BCUT2D eigenvalue weighted by Gasteiger charge is -2.03. The van der Waals surface area contributed by atoms with Crippen molar-refractivity contribution in [2.45, 2.75) is 17.2 Å². The Morgan fingerprint density at radius 1 is 0.957 bits per heavy atom. The topological polar surface area (TPSA) is 72.2 Å². The minimum absolute atomic E-state index is 0.0380. The van der Waals surface area contributed by atoms with Crippen LogP contribution >= 0.6 is 0 Å². The lowest BCUT2D eigenvalue weighted by Crippen LogP contribution is -2.07. The zero-order chi connectivity index (χ0) is 16.3. The molecule has 0 unspecified atom stereocenters. The Bertz CT molecular complexity index is 885. The molecule has 0 aliphatic heterocycles. The van der Waals surface area contributed by atoms with Crippen molar-refractivity contribution in [3.63, 3.8) is 0 Å². The van der Waals surface area contributed by atoms with Crippen LogP contribution in [0.2, 0.25) is 0 Å². The SMILES string of the molecule is O=S(=O)(Cc1ccn(Cc2ccccc2)n1)c1ccc(O)cc1. The lowest BCUT2D eigenvalue weighted by molar-refractivity contribution is 0.475. The van der Waals surface area contributed by atoms with Gasteiger partial charge in [-0.1, -0.05) is 30.3 Å². The highest BCUT2D eigenvalue weighted by Crippen LogP contribution is 2.18. The van der Waals surface area contributed by atoms with Crippen molar-refractivity contribution in [3.8, 4) is 5.75 Å². The Hall–Kier alpha value is -2.60. The van der Waals surface area contributed by atoms with Crippen LogP contribution in [-0.4, -0.2) is 23.3 Å². The molecule has 0 saturated carbocycles. The molecule has 3 aromatic rings. The maximum Gasteiger partial charge on any atom is 0.184 e. The fourth-order valence-electron chi connectivity index (χ4n) is 2.27. The molecule has 1 N–H and O–H groups in total. The van der Waals surface area contributed by atoms with E-state index in [0.717, 1.165) is 5.56 Å². The Balaban J connectivity index is 1.74. The number of sulfone groups is 1. The molecule has 118 valence electrons. The van der Waals surface area contributed by atoms with Crippen molar-refractivity contribution in [1.82, 2.24) is 9.78 Å². The molecule has 0 amide bonds. The maximum atomic E-state index is 12.3. The summed E-state index contributed by atoms with van der Waals surface area (Å²) in [6, 6.07) is 17.1. The number of nitrogens with zero attached hydrogens (tertiary/aromatic N) is 2. The zero-order valence-electron chi connectivity index (χ0n) is 12.3. The van der Waals surface area contributed by atoms with Crippen molar-refractivity contribution < 1.29 is 13.5 Å². The molecule has 1 aromatic heterocycles. The molecule has 0 spiro atoms. The normalized spacial score (nSPS) is 11.5. The minimum atomic E-state index is -3.48. The van der Waals surface area contributed by atoms with Gasteiger partial charge in [0.1, 0.15) is 5.75 Å². The van der Waals surface area contributed by atoms with Gasteiger partial charge in [-0.15, -0.1) is 0 Å². The van der Waals surface area contributed by atoms with Crippen molar-refractivity contribution in [3.05, 3.63) is 78.1 Å².